The van der Waals surface area contributed by atoms with E-state index < -0.39 is 0 Å². The molecule has 0 unspecified atom stereocenters. The summed E-state index contributed by atoms with van der Waals surface area (Å²) in [4.78, 5) is 12.0. The fourth-order valence-corrected chi connectivity index (χ4v) is 2.16. The van der Waals surface area contributed by atoms with Gasteiger partial charge in [-0.2, -0.15) is 0 Å². The smallest absolute Gasteiger partial charge is 0.255 e. The van der Waals surface area contributed by atoms with Crippen molar-refractivity contribution >= 4 is 46.4 Å². The molecule has 0 aromatic heterocycles. The summed E-state index contributed by atoms with van der Waals surface area (Å²) in [6.45, 7) is 0. The van der Waals surface area contributed by atoms with Crippen LogP contribution in [0.5, 0.6) is 0 Å². The van der Waals surface area contributed by atoms with Gasteiger partial charge in [-0.05, 0) is 35.9 Å². The van der Waals surface area contributed by atoms with Gasteiger partial charge in [0.2, 0.25) is 0 Å². The molecule has 0 saturated heterocycles. The maximum Gasteiger partial charge on any atom is 0.255 e. The number of anilines is 1. The number of carbonyl (C=O) groups excluding carboxylic acids is 1. The van der Waals surface area contributed by atoms with Crippen LogP contribution < -0.4 is 5.32 Å². The molecule has 2 aromatic carbocycles. The molecule has 0 aliphatic rings. The van der Waals surface area contributed by atoms with E-state index in [1.165, 1.54) is 0 Å². The number of hydrogen-bond acceptors (Lipinski definition) is 1. The molecule has 0 heterocycles. The number of nitrogens with one attached hydrogen (secondary N) is 1. The van der Waals surface area contributed by atoms with Crippen LogP contribution in [0.2, 0.25) is 10.0 Å². The Hall–Kier alpha value is -1.22. The lowest BCUT2D eigenvalue weighted by Crippen LogP contribution is -2.12. The van der Waals surface area contributed by atoms with Gasteiger partial charge < -0.3 is 5.32 Å². The first-order valence-electron chi connectivity index (χ1n) is 5.51. The maximum absolute atomic E-state index is 12.0. The number of benzene rings is 2. The van der Waals surface area contributed by atoms with Crippen molar-refractivity contribution in [3.8, 4) is 0 Å². The van der Waals surface area contributed by atoms with Crippen LogP contribution in [0.4, 0.5) is 5.69 Å². The van der Waals surface area contributed by atoms with Gasteiger partial charge in [0.1, 0.15) is 0 Å². The maximum atomic E-state index is 12.0. The lowest BCUT2D eigenvalue weighted by Gasteiger charge is -2.07. The summed E-state index contributed by atoms with van der Waals surface area (Å²) in [7, 11) is 0. The molecule has 0 saturated carbocycles. The standard InChI is InChI=1S/C14H10Cl3NO/c15-8-9-1-3-10(4-2-9)14(19)18-13-6-5-11(16)7-12(13)17/h1-7H,8H2,(H,18,19). The van der Waals surface area contributed by atoms with Crippen LogP contribution in [0.15, 0.2) is 42.5 Å². The molecule has 0 aliphatic heterocycles. The van der Waals surface area contributed by atoms with Gasteiger partial charge in [0.05, 0.1) is 10.7 Å². The van der Waals surface area contributed by atoms with E-state index in [-0.39, 0.29) is 5.91 Å². The Morgan fingerprint density at radius 2 is 1.74 bits per heavy atom. The summed E-state index contributed by atoms with van der Waals surface area (Å²) in [6.07, 6.45) is 0. The van der Waals surface area contributed by atoms with Crippen LogP contribution in [0.3, 0.4) is 0 Å². The summed E-state index contributed by atoms with van der Waals surface area (Å²) >= 11 is 17.5. The van der Waals surface area contributed by atoms with Crippen LogP contribution in [0.1, 0.15) is 15.9 Å². The molecule has 0 aliphatic carbocycles. The van der Waals surface area contributed by atoms with E-state index in [9.17, 15) is 4.79 Å². The van der Waals surface area contributed by atoms with Gasteiger partial charge in [0, 0.05) is 16.5 Å². The first kappa shape index (κ1) is 14.2. The zero-order chi connectivity index (χ0) is 13.8. The minimum absolute atomic E-state index is 0.231. The van der Waals surface area contributed by atoms with Crippen LogP contribution >= 0.6 is 34.8 Å². The van der Waals surface area contributed by atoms with Gasteiger partial charge in [-0.3, -0.25) is 4.79 Å². The third-order valence-electron chi connectivity index (χ3n) is 2.55. The molecule has 0 atom stereocenters. The van der Waals surface area contributed by atoms with Gasteiger partial charge in [-0.25, -0.2) is 0 Å². The second-order valence-corrected chi connectivity index (χ2v) is 5.02. The highest BCUT2D eigenvalue weighted by Gasteiger charge is 2.08. The summed E-state index contributed by atoms with van der Waals surface area (Å²) in [5.41, 5.74) is 2.03. The topological polar surface area (TPSA) is 29.1 Å². The summed E-state index contributed by atoms with van der Waals surface area (Å²) < 4.78 is 0. The zero-order valence-electron chi connectivity index (χ0n) is 9.79. The highest BCUT2D eigenvalue weighted by molar-refractivity contribution is 6.36. The number of amides is 1. The highest BCUT2D eigenvalue weighted by Crippen LogP contribution is 2.25. The van der Waals surface area contributed by atoms with Crippen molar-refractivity contribution in [2.75, 3.05) is 5.32 Å². The fourth-order valence-electron chi connectivity index (χ4n) is 1.53. The molecule has 2 aromatic rings. The second-order valence-electron chi connectivity index (χ2n) is 3.91. The lowest BCUT2D eigenvalue weighted by atomic mass is 10.1. The predicted molar refractivity (Wildman–Crippen MR) is 80.4 cm³/mol. The van der Waals surface area contributed by atoms with Crippen molar-refractivity contribution in [3.05, 3.63) is 63.6 Å². The van der Waals surface area contributed by atoms with Crippen LogP contribution in [0.25, 0.3) is 0 Å². The van der Waals surface area contributed by atoms with E-state index in [1.807, 2.05) is 12.1 Å². The van der Waals surface area contributed by atoms with Crippen LogP contribution in [0, 0.1) is 0 Å². The minimum Gasteiger partial charge on any atom is -0.321 e. The Morgan fingerprint density at radius 3 is 2.32 bits per heavy atom. The van der Waals surface area contributed by atoms with E-state index >= 15 is 0 Å². The van der Waals surface area contributed by atoms with Crippen molar-refractivity contribution in [2.24, 2.45) is 0 Å². The first-order chi connectivity index (χ1) is 9.10. The second kappa shape index (κ2) is 6.29. The minimum atomic E-state index is -0.231. The summed E-state index contributed by atoms with van der Waals surface area (Å²) in [5, 5.41) is 3.65. The van der Waals surface area contributed by atoms with E-state index in [0.717, 1.165) is 5.56 Å². The van der Waals surface area contributed by atoms with Crippen LogP contribution in [-0.2, 0) is 5.88 Å². The first-order valence-corrected chi connectivity index (χ1v) is 6.80. The molecule has 2 nitrogen and oxygen atoms in total. The van der Waals surface area contributed by atoms with E-state index in [4.69, 9.17) is 34.8 Å². The number of halogens is 3. The fraction of sp³-hybridized carbons (Fsp3) is 0.0714. The molecule has 1 amide bonds. The van der Waals surface area contributed by atoms with E-state index in [2.05, 4.69) is 5.32 Å². The van der Waals surface area contributed by atoms with Gasteiger partial charge in [-0.15, -0.1) is 11.6 Å². The summed E-state index contributed by atoms with van der Waals surface area (Å²) in [6, 6.07) is 12.0. The van der Waals surface area contributed by atoms with Crippen molar-refractivity contribution in [1.29, 1.82) is 0 Å². The molecule has 1 N–H and O–H groups in total. The summed E-state index contributed by atoms with van der Waals surface area (Å²) in [5.74, 6) is 0.190. The third-order valence-corrected chi connectivity index (χ3v) is 3.41. The lowest BCUT2D eigenvalue weighted by molar-refractivity contribution is 0.102. The average molecular weight is 315 g/mol. The van der Waals surface area contributed by atoms with Crippen molar-refractivity contribution in [1.82, 2.24) is 0 Å². The van der Waals surface area contributed by atoms with Crippen molar-refractivity contribution in [3.63, 3.8) is 0 Å². The third kappa shape index (κ3) is 3.63. The molecular weight excluding hydrogens is 305 g/mol. The number of hydrogen-bond donors (Lipinski definition) is 1. The molecule has 2 rings (SSSR count). The Labute approximate surface area is 126 Å². The van der Waals surface area contributed by atoms with Gasteiger partial charge >= 0.3 is 0 Å². The molecule has 0 bridgehead atoms. The monoisotopic (exact) mass is 313 g/mol. The molecule has 5 heteroatoms. The number of alkyl halides is 1. The van der Waals surface area contributed by atoms with Gasteiger partial charge in [0.25, 0.3) is 5.91 Å². The molecule has 98 valence electrons. The molecule has 0 radical (unpaired) electrons. The Balaban J connectivity index is 2.15. The number of carbonyl (C=O) groups is 1. The normalized spacial score (nSPS) is 10.3. The predicted octanol–water partition coefficient (Wildman–Crippen LogP) is 4.98. The van der Waals surface area contributed by atoms with Crippen molar-refractivity contribution in [2.45, 2.75) is 5.88 Å². The molecule has 19 heavy (non-hydrogen) atoms. The quantitative estimate of drug-likeness (QED) is 0.795. The largest absolute Gasteiger partial charge is 0.321 e. The molecule has 0 spiro atoms. The Kier molecular flexibility index (Phi) is 4.70. The Morgan fingerprint density at radius 1 is 1.05 bits per heavy atom. The van der Waals surface area contributed by atoms with Gasteiger partial charge in [0.15, 0.2) is 0 Å². The Bertz CT molecular complexity index is 596. The number of rotatable bonds is 3. The highest BCUT2D eigenvalue weighted by atomic mass is 35.5. The zero-order valence-corrected chi connectivity index (χ0v) is 12.1. The average Bonchev–Trinajstić information content (AvgIpc) is 2.42. The molecule has 0 fully saturated rings. The van der Waals surface area contributed by atoms with Gasteiger partial charge in [-0.1, -0.05) is 35.3 Å². The van der Waals surface area contributed by atoms with Crippen molar-refractivity contribution < 1.29 is 4.79 Å². The van der Waals surface area contributed by atoms with E-state index in [0.29, 0.717) is 27.2 Å². The SMILES string of the molecule is O=C(Nc1ccc(Cl)cc1Cl)c1ccc(CCl)cc1. The van der Waals surface area contributed by atoms with E-state index in [1.54, 1.807) is 30.3 Å². The van der Waals surface area contributed by atoms with Crippen LogP contribution in [-0.4, -0.2) is 5.91 Å². The molecular formula is C14H10Cl3NO.